The van der Waals surface area contributed by atoms with E-state index in [1.165, 1.54) is 6.20 Å². The summed E-state index contributed by atoms with van der Waals surface area (Å²) < 4.78 is 10.9. The molecule has 1 heterocycles. The Bertz CT molecular complexity index is 572. The van der Waals surface area contributed by atoms with Crippen LogP contribution in [0.15, 0.2) is 36.7 Å². The van der Waals surface area contributed by atoms with Crippen molar-refractivity contribution in [2.24, 2.45) is 0 Å². The van der Waals surface area contributed by atoms with E-state index >= 15 is 0 Å². The number of halogens is 1. The molecular weight excluding hydrogens is 266 g/mol. The fourth-order valence-electron chi connectivity index (χ4n) is 1.78. The molecule has 0 amide bonds. The summed E-state index contributed by atoms with van der Waals surface area (Å²) in [6, 6.07) is 6.97. The monoisotopic (exact) mass is 279 g/mol. The van der Waals surface area contributed by atoms with E-state index in [4.69, 9.17) is 21.1 Å². The second-order valence-corrected chi connectivity index (χ2v) is 4.43. The summed E-state index contributed by atoms with van der Waals surface area (Å²) in [5.41, 5.74) is 0.588. The molecule has 0 saturated heterocycles. The number of rotatable bonds is 4. The number of aliphatic hydroxyl groups excluding tert-OH is 1. The van der Waals surface area contributed by atoms with Crippen LogP contribution in [0, 0.1) is 0 Å². The van der Waals surface area contributed by atoms with Gasteiger partial charge in [-0.05, 0) is 19.1 Å². The van der Waals surface area contributed by atoms with Crippen molar-refractivity contribution in [3.63, 3.8) is 0 Å². The highest BCUT2D eigenvalue weighted by molar-refractivity contribution is 6.30. The van der Waals surface area contributed by atoms with Crippen molar-refractivity contribution in [2.45, 2.75) is 13.0 Å². The van der Waals surface area contributed by atoms with Gasteiger partial charge in [0.1, 0.15) is 17.2 Å². The fraction of sp³-hybridized carbons (Fsp3) is 0.214. The number of pyridine rings is 1. The van der Waals surface area contributed by atoms with Crippen molar-refractivity contribution in [2.75, 3.05) is 7.11 Å². The molecule has 1 aromatic heterocycles. The van der Waals surface area contributed by atoms with E-state index in [1.54, 1.807) is 44.5 Å². The average molecular weight is 280 g/mol. The van der Waals surface area contributed by atoms with Gasteiger partial charge in [0.05, 0.1) is 30.0 Å². The minimum absolute atomic E-state index is 0.485. The SMILES string of the molecule is COc1cccc(Oc2cncc(Cl)c2)c1[C@H](C)O. The third-order valence-electron chi connectivity index (χ3n) is 2.57. The van der Waals surface area contributed by atoms with Gasteiger partial charge < -0.3 is 14.6 Å². The van der Waals surface area contributed by atoms with Crippen LogP contribution in [-0.2, 0) is 0 Å². The van der Waals surface area contributed by atoms with Gasteiger partial charge in [0.15, 0.2) is 0 Å². The molecular formula is C14H14ClNO3. The largest absolute Gasteiger partial charge is 0.496 e. The number of aromatic nitrogens is 1. The van der Waals surface area contributed by atoms with Gasteiger partial charge >= 0.3 is 0 Å². The van der Waals surface area contributed by atoms with E-state index in [9.17, 15) is 5.11 Å². The molecule has 2 rings (SSSR count). The van der Waals surface area contributed by atoms with Crippen LogP contribution >= 0.6 is 11.6 Å². The van der Waals surface area contributed by atoms with Gasteiger partial charge in [-0.2, -0.15) is 0 Å². The molecule has 0 saturated carbocycles. The smallest absolute Gasteiger partial charge is 0.147 e. The first-order chi connectivity index (χ1) is 9.11. The molecule has 4 nitrogen and oxygen atoms in total. The first-order valence-corrected chi connectivity index (χ1v) is 6.13. The molecule has 5 heteroatoms. The van der Waals surface area contributed by atoms with Gasteiger partial charge in [0.2, 0.25) is 0 Å². The summed E-state index contributed by atoms with van der Waals surface area (Å²) in [4.78, 5) is 3.95. The van der Waals surface area contributed by atoms with Crippen molar-refractivity contribution in [1.29, 1.82) is 0 Å². The molecule has 0 aliphatic heterocycles. The van der Waals surface area contributed by atoms with Gasteiger partial charge in [-0.1, -0.05) is 17.7 Å². The summed E-state index contributed by atoms with van der Waals surface area (Å²) in [7, 11) is 1.55. The Hall–Kier alpha value is -1.78. The number of hydrogen-bond donors (Lipinski definition) is 1. The van der Waals surface area contributed by atoms with Gasteiger partial charge in [-0.15, -0.1) is 0 Å². The third kappa shape index (κ3) is 3.16. The van der Waals surface area contributed by atoms with Gasteiger partial charge in [0, 0.05) is 12.3 Å². The van der Waals surface area contributed by atoms with E-state index in [1.807, 2.05) is 0 Å². The van der Waals surface area contributed by atoms with Crippen LogP contribution in [0.3, 0.4) is 0 Å². The number of methoxy groups -OCH3 is 1. The van der Waals surface area contributed by atoms with Crippen molar-refractivity contribution in [3.05, 3.63) is 47.2 Å². The van der Waals surface area contributed by atoms with E-state index in [-0.39, 0.29) is 0 Å². The van der Waals surface area contributed by atoms with Crippen LogP contribution in [-0.4, -0.2) is 17.2 Å². The molecule has 0 unspecified atom stereocenters. The first-order valence-electron chi connectivity index (χ1n) is 5.75. The maximum atomic E-state index is 9.85. The van der Waals surface area contributed by atoms with Gasteiger partial charge in [-0.3, -0.25) is 4.98 Å². The molecule has 0 aliphatic rings. The Labute approximate surface area is 116 Å². The first kappa shape index (κ1) is 13.6. The van der Waals surface area contributed by atoms with E-state index < -0.39 is 6.10 Å². The fourth-order valence-corrected chi connectivity index (χ4v) is 1.94. The molecule has 0 bridgehead atoms. The van der Waals surface area contributed by atoms with Crippen molar-refractivity contribution < 1.29 is 14.6 Å². The molecule has 2 aromatic rings. The standard InChI is InChI=1S/C14H14ClNO3/c1-9(17)14-12(18-2)4-3-5-13(14)19-11-6-10(15)7-16-8-11/h3-9,17H,1-2H3/t9-/m0/s1. The minimum atomic E-state index is -0.710. The number of ether oxygens (including phenoxy) is 2. The summed E-state index contributed by atoms with van der Waals surface area (Å²) in [6.45, 7) is 1.65. The van der Waals surface area contributed by atoms with Crippen LogP contribution < -0.4 is 9.47 Å². The van der Waals surface area contributed by atoms with Crippen LogP contribution in [0.1, 0.15) is 18.6 Å². The molecule has 0 aliphatic carbocycles. The molecule has 1 N–H and O–H groups in total. The number of hydrogen-bond acceptors (Lipinski definition) is 4. The predicted octanol–water partition coefficient (Wildman–Crippen LogP) is 3.59. The second kappa shape index (κ2) is 5.91. The lowest BCUT2D eigenvalue weighted by Crippen LogP contribution is -2.00. The lowest BCUT2D eigenvalue weighted by molar-refractivity contribution is 0.190. The lowest BCUT2D eigenvalue weighted by Gasteiger charge is -2.16. The van der Waals surface area contributed by atoms with Gasteiger partial charge in [0.25, 0.3) is 0 Å². The van der Waals surface area contributed by atoms with Crippen LogP contribution in [0.4, 0.5) is 0 Å². The molecule has 100 valence electrons. The maximum Gasteiger partial charge on any atom is 0.147 e. The Morgan fingerprint density at radius 2 is 2.00 bits per heavy atom. The van der Waals surface area contributed by atoms with Crippen molar-refractivity contribution in [3.8, 4) is 17.2 Å². The van der Waals surface area contributed by atoms with E-state index in [0.717, 1.165) is 0 Å². The van der Waals surface area contributed by atoms with Crippen LogP contribution in [0.25, 0.3) is 0 Å². The van der Waals surface area contributed by atoms with E-state index in [2.05, 4.69) is 4.98 Å². The summed E-state index contributed by atoms with van der Waals surface area (Å²) in [5.74, 6) is 1.59. The Morgan fingerprint density at radius 3 is 2.63 bits per heavy atom. The molecule has 1 atom stereocenters. The maximum absolute atomic E-state index is 9.85. The Morgan fingerprint density at radius 1 is 1.26 bits per heavy atom. The highest BCUT2D eigenvalue weighted by Gasteiger charge is 2.16. The minimum Gasteiger partial charge on any atom is -0.496 e. The second-order valence-electron chi connectivity index (χ2n) is 3.99. The summed E-state index contributed by atoms with van der Waals surface area (Å²) in [5, 5.41) is 10.3. The zero-order valence-electron chi connectivity index (χ0n) is 10.6. The molecule has 0 radical (unpaired) electrons. The molecule has 0 spiro atoms. The van der Waals surface area contributed by atoms with E-state index in [0.29, 0.717) is 27.8 Å². The van der Waals surface area contributed by atoms with Crippen LogP contribution in [0.2, 0.25) is 5.02 Å². The Kier molecular flexibility index (Phi) is 4.24. The third-order valence-corrected chi connectivity index (χ3v) is 2.78. The number of aliphatic hydroxyl groups is 1. The average Bonchev–Trinajstić information content (AvgIpc) is 2.38. The normalized spacial score (nSPS) is 12.0. The van der Waals surface area contributed by atoms with Gasteiger partial charge in [-0.25, -0.2) is 0 Å². The lowest BCUT2D eigenvalue weighted by atomic mass is 10.1. The molecule has 1 aromatic carbocycles. The highest BCUT2D eigenvalue weighted by atomic mass is 35.5. The summed E-state index contributed by atoms with van der Waals surface area (Å²) >= 11 is 5.86. The molecule has 19 heavy (non-hydrogen) atoms. The van der Waals surface area contributed by atoms with Crippen LogP contribution in [0.5, 0.6) is 17.2 Å². The topological polar surface area (TPSA) is 51.6 Å². The quantitative estimate of drug-likeness (QED) is 0.929. The summed E-state index contributed by atoms with van der Waals surface area (Å²) in [6.07, 6.45) is 2.37. The zero-order valence-corrected chi connectivity index (χ0v) is 11.4. The van der Waals surface area contributed by atoms with Crippen molar-refractivity contribution in [1.82, 2.24) is 4.98 Å². The number of nitrogens with zero attached hydrogens (tertiary/aromatic N) is 1. The predicted molar refractivity (Wildman–Crippen MR) is 72.9 cm³/mol. The van der Waals surface area contributed by atoms with Crippen molar-refractivity contribution >= 4 is 11.6 Å². The zero-order chi connectivity index (χ0) is 13.8. The Balaban J connectivity index is 2.39. The number of benzene rings is 1. The molecule has 0 fully saturated rings. The highest BCUT2D eigenvalue weighted by Crippen LogP contribution is 2.36.